The third-order valence-corrected chi connectivity index (χ3v) is 2.72. The summed E-state index contributed by atoms with van der Waals surface area (Å²) in [6, 6.07) is -0.929. The van der Waals surface area contributed by atoms with E-state index in [0.29, 0.717) is 0 Å². The molecular formula is C9H17NO6. The molecule has 1 aliphatic heterocycles. The van der Waals surface area contributed by atoms with Crippen molar-refractivity contribution in [3.63, 3.8) is 0 Å². The van der Waals surface area contributed by atoms with Gasteiger partial charge in [-0.1, -0.05) is 0 Å². The van der Waals surface area contributed by atoms with E-state index in [1.54, 1.807) is 0 Å². The van der Waals surface area contributed by atoms with Crippen molar-refractivity contribution in [2.45, 2.75) is 24.4 Å². The fourth-order valence-corrected chi connectivity index (χ4v) is 1.76. The van der Waals surface area contributed by atoms with Gasteiger partial charge in [0.1, 0.15) is 12.1 Å². The van der Waals surface area contributed by atoms with E-state index in [2.05, 4.69) is 4.74 Å². The molecule has 0 aromatic heterocycles. The van der Waals surface area contributed by atoms with Crippen LogP contribution in [0.1, 0.15) is 0 Å². The van der Waals surface area contributed by atoms with E-state index in [1.807, 2.05) is 0 Å². The van der Waals surface area contributed by atoms with Crippen molar-refractivity contribution in [3.05, 3.63) is 0 Å². The number of aliphatic hydroxyl groups is 4. The molecule has 0 amide bonds. The number of esters is 1. The maximum absolute atomic E-state index is 11.3. The second-order valence-electron chi connectivity index (χ2n) is 3.80. The minimum absolute atomic E-state index is 0.00144. The molecule has 0 aromatic rings. The van der Waals surface area contributed by atoms with Gasteiger partial charge in [-0.15, -0.1) is 0 Å². The zero-order valence-electron chi connectivity index (χ0n) is 8.98. The van der Waals surface area contributed by atoms with Crippen LogP contribution >= 0.6 is 0 Å². The van der Waals surface area contributed by atoms with Crippen LogP contribution in [0.25, 0.3) is 0 Å². The third-order valence-electron chi connectivity index (χ3n) is 2.72. The molecule has 0 aromatic carbocycles. The number of nitrogens with zero attached hydrogens (tertiary/aromatic N) is 1. The van der Waals surface area contributed by atoms with Crippen molar-refractivity contribution in [3.8, 4) is 0 Å². The second kappa shape index (κ2) is 5.55. The molecule has 1 saturated heterocycles. The van der Waals surface area contributed by atoms with E-state index in [4.69, 9.17) is 5.11 Å². The molecule has 1 rings (SSSR count). The molecule has 1 unspecified atom stereocenters. The van der Waals surface area contributed by atoms with Crippen LogP contribution in [0.3, 0.4) is 0 Å². The summed E-state index contributed by atoms with van der Waals surface area (Å²) in [5.74, 6) is -0.640. The Labute approximate surface area is 92.9 Å². The lowest BCUT2D eigenvalue weighted by Crippen LogP contribution is -2.60. The highest BCUT2D eigenvalue weighted by Crippen LogP contribution is 2.15. The number of likely N-dealkylation sites (tertiary alicyclic amines) is 1. The Kier molecular flexibility index (Phi) is 4.63. The highest BCUT2D eigenvalue weighted by molar-refractivity contribution is 5.75. The Morgan fingerprint density at radius 1 is 1.38 bits per heavy atom. The van der Waals surface area contributed by atoms with Crippen molar-refractivity contribution < 1.29 is 30.0 Å². The van der Waals surface area contributed by atoms with Gasteiger partial charge in [-0.3, -0.25) is 9.69 Å². The molecule has 1 fully saturated rings. The average molecular weight is 235 g/mol. The maximum atomic E-state index is 11.3. The van der Waals surface area contributed by atoms with Crippen LogP contribution in [0.4, 0.5) is 0 Å². The number of hydrogen-bond acceptors (Lipinski definition) is 7. The molecule has 0 aliphatic carbocycles. The number of β-amino-alcohol motifs (C(OH)–C–C–N with tert-alkyl or cyclic N) is 2. The Morgan fingerprint density at radius 3 is 2.25 bits per heavy atom. The van der Waals surface area contributed by atoms with Gasteiger partial charge < -0.3 is 25.2 Å². The van der Waals surface area contributed by atoms with Crippen LogP contribution in [0.5, 0.6) is 0 Å². The second-order valence-corrected chi connectivity index (χ2v) is 3.80. The van der Waals surface area contributed by atoms with Gasteiger partial charge in [0.2, 0.25) is 0 Å². The van der Waals surface area contributed by atoms with Gasteiger partial charge >= 0.3 is 5.97 Å². The number of ether oxygens (including phenoxy) is 1. The number of methoxy groups -OCH3 is 1. The normalized spacial score (nSPS) is 33.4. The Morgan fingerprint density at radius 2 is 1.88 bits per heavy atom. The van der Waals surface area contributed by atoms with Crippen LogP contribution in [-0.4, -0.2) is 82.5 Å². The lowest BCUT2D eigenvalue weighted by molar-refractivity contribution is -0.158. The van der Waals surface area contributed by atoms with Gasteiger partial charge in [-0.25, -0.2) is 0 Å². The summed E-state index contributed by atoms with van der Waals surface area (Å²) >= 11 is 0. The zero-order chi connectivity index (χ0) is 12.3. The van der Waals surface area contributed by atoms with Gasteiger partial charge in [0.25, 0.3) is 0 Å². The molecule has 1 heterocycles. The van der Waals surface area contributed by atoms with E-state index < -0.39 is 36.9 Å². The van der Waals surface area contributed by atoms with Crippen LogP contribution in [0.2, 0.25) is 0 Å². The number of piperidine rings is 1. The first-order chi connectivity index (χ1) is 7.51. The first-order valence-electron chi connectivity index (χ1n) is 4.98. The number of hydrogen-bond donors (Lipinski definition) is 4. The number of carbonyl (C=O) groups excluding carboxylic acids is 1. The first-order valence-corrected chi connectivity index (χ1v) is 4.98. The first kappa shape index (κ1) is 13.3. The summed E-state index contributed by atoms with van der Waals surface area (Å²) in [7, 11) is 1.19. The van der Waals surface area contributed by atoms with Crippen molar-refractivity contribution in [2.75, 3.05) is 26.8 Å². The van der Waals surface area contributed by atoms with E-state index in [1.165, 1.54) is 12.0 Å². The molecule has 7 nitrogen and oxygen atoms in total. The molecule has 0 spiro atoms. The summed E-state index contributed by atoms with van der Waals surface area (Å²) < 4.78 is 4.49. The SMILES string of the molecule is COC(=O)[C@H](CO)N1C[C@@H](O)C(O)[C@@H](O)C1. The largest absolute Gasteiger partial charge is 0.468 e. The van der Waals surface area contributed by atoms with Crippen LogP contribution < -0.4 is 0 Å². The maximum Gasteiger partial charge on any atom is 0.325 e. The van der Waals surface area contributed by atoms with E-state index in [0.717, 1.165) is 0 Å². The topological polar surface area (TPSA) is 110 Å². The summed E-state index contributed by atoms with van der Waals surface area (Å²) in [6.45, 7) is -0.473. The molecule has 94 valence electrons. The van der Waals surface area contributed by atoms with Crippen molar-refractivity contribution in [2.24, 2.45) is 0 Å². The monoisotopic (exact) mass is 235 g/mol. The smallest absolute Gasteiger partial charge is 0.325 e. The third kappa shape index (κ3) is 2.69. The Bertz CT molecular complexity index is 236. The fraction of sp³-hybridized carbons (Fsp3) is 0.889. The summed E-state index contributed by atoms with van der Waals surface area (Å²) in [4.78, 5) is 12.7. The highest BCUT2D eigenvalue weighted by atomic mass is 16.5. The predicted molar refractivity (Wildman–Crippen MR) is 52.5 cm³/mol. The van der Waals surface area contributed by atoms with E-state index >= 15 is 0 Å². The van der Waals surface area contributed by atoms with Crippen LogP contribution in [0.15, 0.2) is 0 Å². The number of rotatable bonds is 3. The van der Waals surface area contributed by atoms with Crippen LogP contribution in [-0.2, 0) is 9.53 Å². The Balaban J connectivity index is 2.69. The minimum atomic E-state index is -1.23. The van der Waals surface area contributed by atoms with Gasteiger partial charge in [0.05, 0.1) is 25.9 Å². The van der Waals surface area contributed by atoms with Crippen molar-refractivity contribution in [1.29, 1.82) is 0 Å². The standard InChI is InChI=1S/C9H17NO6/c1-16-9(15)5(4-11)10-2-6(12)8(14)7(13)3-10/h5-8,11-14H,2-4H2,1H3/t5-,6-,7+,8?/m0/s1. The molecule has 1 aliphatic rings. The highest BCUT2D eigenvalue weighted by Gasteiger charge is 2.38. The summed E-state index contributed by atoms with van der Waals surface area (Å²) in [6.07, 6.45) is -3.53. The molecule has 4 N–H and O–H groups in total. The van der Waals surface area contributed by atoms with Crippen LogP contribution in [0, 0.1) is 0 Å². The summed E-state index contributed by atoms with van der Waals surface area (Å²) in [5, 5.41) is 37.2. The molecule has 0 saturated carbocycles. The van der Waals surface area contributed by atoms with Gasteiger partial charge in [0, 0.05) is 13.1 Å². The van der Waals surface area contributed by atoms with Crippen molar-refractivity contribution in [1.82, 2.24) is 4.90 Å². The lowest BCUT2D eigenvalue weighted by atomic mass is 10.0. The minimum Gasteiger partial charge on any atom is -0.468 e. The molecule has 0 bridgehead atoms. The molecular weight excluding hydrogens is 218 g/mol. The molecule has 16 heavy (non-hydrogen) atoms. The average Bonchev–Trinajstić information content (AvgIpc) is 2.26. The van der Waals surface area contributed by atoms with Gasteiger partial charge in [-0.2, -0.15) is 0 Å². The molecule has 4 atom stereocenters. The predicted octanol–water partition coefficient (Wildman–Crippen LogP) is -3.08. The quantitative estimate of drug-likeness (QED) is 0.384. The van der Waals surface area contributed by atoms with Gasteiger partial charge in [0.15, 0.2) is 0 Å². The van der Waals surface area contributed by atoms with Gasteiger partial charge in [-0.05, 0) is 0 Å². The number of carbonyl (C=O) groups is 1. The Hall–Kier alpha value is -0.730. The fourth-order valence-electron chi connectivity index (χ4n) is 1.76. The molecule has 0 radical (unpaired) electrons. The van der Waals surface area contributed by atoms with E-state index in [9.17, 15) is 20.1 Å². The van der Waals surface area contributed by atoms with E-state index in [-0.39, 0.29) is 13.1 Å². The molecule has 7 heteroatoms. The van der Waals surface area contributed by atoms with Crippen molar-refractivity contribution >= 4 is 5.97 Å². The zero-order valence-corrected chi connectivity index (χ0v) is 8.98. The number of aliphatic hydroxyl groups excluding tert-OH is 4. The lowest BCUT2D eigenvalue weighted by Gasteiger charge is -2.39. The summed E-state index contributed by atoms with van der Waals surface area (Å²) in [5.41, 5.74) is 0.